The second-order valence-corrected chi connectivity index (χ2v) is 7.55. The Balaban J connectivity index is 2.04. The van der Waals surface area contributed by atoms with E-state index in [4.69, 9.17) is 23.2 Å². The molecule has 0 N–H and O–H groups in total. The first-order valence-corrected chi connectivity index (χ1v) is 8.76. The molecule has 122 valence electrons. The van der Waals surface area contributed by atoms with Gasteiger partial charge >= 0.3 is 0 Å². The lowest BCUT2D eigenvalue weighted by Crippen LogP contribution is -2.18. The molecule has 3 aromatic rings. The van der Waals surface area contributed by atoms with Crippen molar-refractivity contribution in [2.24, 2.45) is 0 Å². The molecule has 0 saturated heterocycles. The van der Waals surface area contributed by atoms with Crippen molar-refractivity contribution in [2.75, 3.05) is 0 Å². The largest absolute Gasteiger partial charge is 0.0843 e. The van der Waals surface area contributed by atoms with Gasteiger partial charge in [0.05, 0.1) is 0 Å². The van der Waals surface area contributed by atoms with Crippen LogP contribution in [-0.2, 0) is 5.41 Å². The highest BCUT2D eigenvalue weighted by Gasteiger charge is 2.23. The van der Waals surface area contributed by atoms with Crippen LogP contribution in [0.1, 0.15) is 30.5 Å². The van der Waals surface area contributed by atoms with Crippen molar-refractivity contribution in [1.29, 1.82) is 0 Å². The second-order valence-electron chi connectivity index (χ2n) is 6.68. The Morgan fingerprint density at radius 1 is 0.708 bits per heavy atom. The Labute approximate surface area is 154 Å². The third-order valence-corrected chi connectivity index (χ3v) is 5.05. The molecule has 2 heteroatoms. The van der Waals surface area contributed by atoms with Gasteiger partial charge in [0.2, 0.25) is 0 Å². The molecule has 0 heterocycles. The predicted octanol–water partition coefficient (Wildman–Crippen LogP) is 7.29. The van der Waals surface area contributed by atoms with Gasteiger partial charge in [0, 0.05) is 15.5 Å². The topological polar surface area (TPSA) is 0 Å². The van der Waals surface area contributed by atoms with Crippen molar-refractivity contribution >= 4 is 23.2 Å². The summed E-state index contributed by atoms with van der Waals surface area (Å²) in [7, 11) is 0. The van der Waals surface area contributed by atoms with Crippen molar-refractivity contribution < 1.29 is 0 Å². The van der Waals surface area contributed by atoms with Crippen molar-refractivity contribution in [3.8, 4) is 11.1 Å². The minimum Gasteiger partial charge on any atom is -0.0843 e. The van der Waals surface area contributed by atoms with E-state index < -0.39 is 0 Å². The molecular formula is C22H20Cl2. The third kappa shape index (κ3) is 3.36. The molecular weight excluding hydrogens is 335 g/mol. The summed E-state index contributed by atoms with van der Waals surface area (Å²) in [6, 6.07) is 22.9. The van der Waals surface area contributed by atoms with E-state index in [9.17, 15) is 0 Å². The fourth-order valence-corrected chi connectivity index (χ4v) is 3.63. The average molecular weight is 355 g/mol. The minimum absolute atomic E-state index is 0.0451. The molecule has 0 radical (unpaired) electrons. The Kier molecular flexibility index (Phi) is 4.71. The van der Waals surface area contributed by atoms with Crippen molar-refractivity contribution in [3.63, 3.8) is 0 Å². The molecule has 0 amide bonds. The molecule has 0 aliphatic carbocycles. The van der Waals surface area contributed by atoms with Crippen LogP contribution in [0.2, 0.25) is 10.0 Å². The summed E-state index contributed by atoms with van der Waals surface area (Å²) in [5.74, 6) is 0. The zero-order valence-electron chi connectivity index (χ0n) is 14.1. The first-order valence-electron chi connectivity index (χ1n) is 8.01. The molecule has 0 aromatic heterocycles. The molecule has 0 fully saturated rings. The molecule has 3 rings (SSSR count). The molecule has 24 heavy (non-hydrogen) atoms. The van der Waals surface area contributed by atoms with Gasteiger partial charge in [0.1, 0.15) is 0 Å². The second kappa shape index (κ2) is 6.63. The fraction of sp³-hybridized carbons (Fsp3) is 0.182. The number of aryl methyl sites for hydroxylation is 1. The SMILES string of the molecule is Cc1cc(C(C)(C)c2ccccc2)ccc1-c1cc(Cl)cc(Cl)c1. The number of benzene rings is 3. The van der Waals surface area contributed by atoms with Gasteiger partial charge in [0.25, 0.3) is 0 Å². The number of halogens is 2. The molecule has 0 atom stereocenters. The lowest BCUT2D eigenvalue weighted by molar-refractivity contribution is 0.640. The quantitative estimate of drug-likeness (QED) is 0.462. The Hall–Kier alpha value is -1.76. The first kappa shape index (κ1) is 17.1. The molecule has 0 saturated carbocycles. The van der Waals surface area contributed by atoms with E-state index >= 15 is 0 Å². The monoisotopic (exact) mass is 354 g/mol. The lowest BCUT2D eigenvalue weighted by Gasteiger charge is -2.27. The fourth-order valence-electron chi connectivity index (χ4n) is 3.11. The minimum atomic E-state index is -0.0451. The molecule has 3 aromatic carbocycles. The van der Waals surface area contributed by atoms with Gasteiger partial charge in [-0.1, -0.05) is 85.6 Å². The summed E-state index contributed by atoms with van der Waals surface area (Å²) in [6.45, 7) is 6.65. The van der Waals surface area contributed by atoms with Crippen LogP contribution in [0.25, 0.3) is 11.1 Å². The Morgan fingerprint density at radius 2 is 1.33 bits per heavy atom. The van der Waals surface area contributed by atoms with E-state index in [1.54, 1.807) is 6.07 Å². The predicted molar refractivity (Wildman–Crippen MR) is 105 cm³/mol. The summed E-state index contributed by atoms with van der Waals surface area (Å²) in [6.07, 6.45) is 0. The van der Waals surface area contributed by atoms with Crippen LogP contribution in [0.15, 0.2) is 66.7 Å². The van der Waals surface area contributed by atoms with Crippen molar-refractivity contribution in [3.05, 3.63) is 93.5 Å². The number of hydrogen-bond donors (Lipinski definition) is 0. The van der Waals surface area contributed by atoms with E-state index in [0.717, 1.165) is 11.1 Å². The van der Waals surface area contributed by atoms with E-state index in [2.05, 4.69) is 69.3 Å². The number of hydrogen-bond acceptors (Lipinski definition) is 0. The van der Waals surface area contributed by atoms with Crippen LogP contribution in [0.4, 0.5) is 0 Å². The molecule has 0 aliphatic heterocycles. The summed E-state index contributed by atoms with van der Waals surface area (Å²) in [4.78, 5) is 0. The molecule has 0 nitrogen and oxygen atoms in total. The highest BCUT2D eigenvalue weighted by atomic mass is 35.5. The zero-order valence-corrected chi connectivity index (χ0v) is 15.6. The Morgan fingerprint density at radius 3 is 1.92 bits per heavy atom. The van der Waals surface area contributed by atoms with Crippen LogP contribution in [0.3, 0.4) is 0 Å². The highest BCUT2D eigenvalue weighted by Crippen LogP contribution is 2.35. The van der Waals surface area contributed by atoms with Crippen LogP contribution in [0, 0.1) is 6.92 Å². The van der Waals surface area contributed by atoms with Gasteiger partial charge in [-0.25, -0.2) is 0 Å². The van der Waals surface area contributed by atoms with Crippen LogP contribution < -0.4 is 0 Å². The van der Waals surface area contributed by atoms with Crippen LogP contribution >= 0.6 is 23.2 Å². The zero-order chi connectivity index (χ0) is 17.3. The van der Waals surface area contributed by atoms with Crippen LogP contribution in [-0.4, -0.2) is 0 Å². The standard InChI is InChI=1S/C22H20Cl2/c1-15-11-18(22(2,3)17-7-5-4-6-8-17)9-10-21(15)16-12-19(23)14-20(24)13-16/h4-14H,1-3H3. The lowest BCUT2D eigenvalue weighted by atomic mass is 9.77. The first-order chi connectivity index (χ1) is 11.4. The highest BCUT2D eigenvalue weighted by molar-refractivity contribution is 6.35. The van der Waals surface area contributed by atoms with Gasteiger partial charge in [-0.2, -0.15) is 0 Å². The third-order valence-electron chi connectivity index (χ3n) is 4.62. The van der Waals surface area contributed by atoms with Crippen molar-refractivity contribution in [2.45, 2.75) is 26.2 Å². The summed E-state index contributed by atoms with van der Waals surface area (Å²) >= 11 is 12.3. The van der Waals surface area contributed by atoms with Gasteiger partial charge in [-0.15, -0.1) is 0 Å². The normalized spacial score (nSPS) is 11.5. The van der Waals surface area contributed by atoms with Crippen molar-refractivity contribution in [1.82, 2.24) is 0 Å². The van der Waals surface area contributed by atoms with E-state index in [-0.39, 0.29) is 5.41 Å². The van der Waals surface area contributed by atoms with Gasteiger partial charge in [-0.3, -0.25) is 0 Å². The molecule has 0 spiro atoms. The van der Waals surface area contributed by atoms with E-state index in [0.29, 0.717) is 10.0 Å². The van der Waals surface area contributed by atoms with Gasteiger partial charge in [-0.05, 0) is 52.9 Å². The maximum atomic E-state index is 6.15. The summed E-state index contributed by atoms with van der Waals surface area (Å²) in [5, 5.41) is 1.32. The molecule has 0 aliphatic rings. The van der Waals surface area contributed by atoms with Gasteiger partial charge in [0.15, 0.2) is 0 Å². The molecule has 0 bridgehead atoms. The number of rotatable bonds is 3. The smallest absolute Gasteiger partial charge is 0.0426 e. The van der Waals surface area contributed by atoms with Crippen LogP contribution in [0.5, 0.6) is 0 Å². The van der Waals surface area contributed by atoms with Gasteiger partial charge < -0.3 is 0 Å². The molecule has 0 unspecified atom stereocenters. The maximum absolute atomic E-state index is 6.15. The summed E-state index contributed by atoms with van der Waals surface area (Å²) in [5.41, 5.74) is 5.98. The maximum Gasteiger partial charge on any atom is 0.0426 e. The Bertz CT molecular complexity index is 844. The summed E-state index contributed by atoms with van der Waals surface area (Å²) < 4.78 is 0. The van der Waals surface area contributed by atoms with E-state index in [1.165, 1.54) is 16.7 Å². The average Bonchev–Trinajstić information content (AvgIpc) is 2.54. The van der Waals surface area contributed by atoms with E-state index in [1.807, 2.05) is 12.1 Å².